The maximum atomic E-state index is 13.2. The molecule has 3 rings (SSSR count). The molecule has 1 aliphatic rings. The van der Waals surface area contributed by atoms with Crippen molar-refractivity contribution < 1.29 is 13.3 Å². The number of nitrogens with one attached hydrogen (secondary N) is 1. The van der Waals surface area contributed by atoms with Crippen molar-refractivity contribution in [2.45, 2.75) is 37.1 Å². The van der Waals surface area contributed by atoms with Crippen molar-refractivity contribution in [1.29, 1.82) is 0 Å². The highest BCUT2D eigenvalue weighted by Gasteiger charge is 2.39. The van der Waals surface area contributed by atoms with Crippen LogP contribution in [-0.4, -0.2) is 34.2 Å². The molecule has 1 aliphatic heterocycles. The predicted molar refractivity (Wildman–Crippen MR) is 86.9 cm³/mol. The van der Waals surface area contributed by atoms with Gasteiger partial charge < -0.3 is 4.98 Å². The molecule has 0 amide bonds. The van der Waals surface area contributed by atoms with Crippen LogP contribution in [-0.2, 0) is 10.0 Å². The average molecular weight is 350 g/mol. The van der Waals surface area contributed by atoms with Gasteiger partial charge in [-0.1, -0.05) is 18.6 Å². The Morgan fingerprint density at radius 1 is 1.38 bits per heavy atom. The number of hydrogen-bond acceptors (Lipinski definition) is 5. The number of nitro groups is 1. The topological polar surface area (TPSA) is 109 Å². The van der Waals surface area contributed by atoms with E-state index in [0.717, 1.165) is 12.8 Å². The number of benzene rings is 1. The minimum atomic E-state index is -4.01. The van der Waals surface area contributed by atoms with E-state index < -0.39 is 26.7 Å². The number of sulfonamides is 1. The monoisotopic (exact) mass is 350 g/mol. The maximum Gasteiger partial charge on any atom is 0.289 e. The molecule has 1 saturated heterocycles. The van der Waals surface area contributed by atoms with Gasteiger partial charge in [-0.15, -0.1) is 0 Å². The molecule has 0 unspecified atom stereocenters. The smallest absolute Gasteiger partial charge is 0.289 e. The molecule has 1 N–H and O–H groups in total. The quantitative estimate of drug-likeness (QED) is 0.673. The van der Waals surface area contributed by atoms with Crippen LogP contribution in [0.25, 0.3) is 0 Å². The number of aromatic nitrogens is 2. The molecular weight excluding hydrogens is 332 g/mol. The molecule has 0 radical (unpaired) electrons. The van der Waals surface area contributed by atoms with Gasteiger partial charge in [-0.25, -0.2) is 13.4 Å². The molecule has 1 atom stereocenters. The highest BCUT2D eigenvalue weighted by Crippen LogP contribution is 2.37. The molecule has 24 heavy (non-hydrogen) atoms. The molecular formula is C15H18N4O4S. The van der Waals surface area contributed by atoms with Crippen LogP contribution in [0, 0.1) is 17.0 Å². The number of aryl methyl sites for hydroxylation is 1. The van der Waals surface area contributed by atoms with Crippen LogP contribution in [0.4, 0.5) is 5.69 Å². The van der Waals surface area contributed by atoms with E-state index >= 15 is 0 Å². The summed E-state index contributed by atoms with van der Waals surface area (Å²) < 4.78 is 27.8. The summed E-state index contributed by atoms with van der Waals surface area (Å²) in [6.07, 6.45) is 5.45. The standard InChI is InChI=1S/C15H18N4O4S/c1-11-5-4-7-12(19(20)21)14(11)24(22,23)18-10-3-2-6-13(18)15-16-8-9-17-15/h4-5,7-9,13H,2-3,6,10H2,1H3,(H,16,17)/t13-/m0/s1. The Morgan fingerprint density at radius 3 is 2.83 bits per heavy atom. The van der Waals surface area contributed by atoms with Gasteiger partial charge in [0.25, 0.3) is 15.7 Å². The van der Waals surface area contributed by atoms with Gasteiger partial charge in [0.2, 0.25) is 0 Å². The lowest BCUT2D eigenvalue weighted by Crippen LogP contribution is -2.39. The fourth-order valence-electron chi connectivity index (χ4n) is 3.16. The Bertz CT molecular complexity index is 848. The number of nitro benzene ring substituents is 1. The van der Waals surface area contributed by atoms with Crippen molar-refractivity contribution in [2.24, 2.45) is 0 Å². The normalized spacial score (nSPS) is 19.3. The van der Waals surface area contributed by atoms with Crippen LogP contribution in [0.15, 0.2) is 35.5 Å². The van der Waals surface area contributed by atoms with Crippen LogP contribution < -0.4 is 0 Å². The van der Waals surface area contributed by atoms with Gasteiger partial charge in [0.05, 0.1) is 11.0 Å². The highest BCUT2D eigenvalue weighted by atomic mass is 32.2. The maximum absolute atomic E-state index is 13.2. The zero-order chi connectivity index (χ0) is 17.3. The van der Waals surface area contributed by atoms with Gasteiger partial charge in [-0.2, -0.15) is 4.31 Å². The molecule has 0 saturated carbocycles. The molecule has 2 aromatic rings. The van der Waals surface area contributed by atoms with Gasteiger partial charge in [0, 0.05) is 25.0 Å². The molecule has 0 spiro atoms. The minimum Gasteiger partial charge on any atom is -0.347 e. The molecule has 1 fully saturated rings. The minimum absolute atomic E-state index is 0.228. The third-order valence-corrected chi connectivity index (χ3v) is 6.34. The molecule has 0 bridgehead atoms. The second-order valence-corrected chi connectivity index (χ2v) is 7.61. The van der Waals surface area contributed by atoms with E-state index in [1.54, 1.807) is 25.4 Å². The van der Waals surface area contributed by atoms with Crippen LogP contribution in [0.2, 0.25) is 0 Å². The summed E-state index contributed by atoms with van der Waals surface area (Å²) in [6, 6.07) is 3.86. The lowest BCUT2D eigenvalue weighted by molar-refractivity contribution is -0.388. The average Bonchev–Trinajstić information content (AvgIpc) is 3.08. The van der Waals surface area contributed by atoms with Crippen molar-refractivity contribution in [3.8, 4) is 0 Å². The van der Waals surface area contributed by atoms with E-state index in [9.17, 15) is 18.5 Å². The Kier molecular flexibility index (Phi) is 4.37. The number of piperidine rings is 1. The summed E-state index contributed by atoms with van der Waals surface area (Å²) in [5, 5.41) is 11.3. The first-order chi connectivity index (χ1) is 11.4. The number of hydrogen-bond donors (Lipinski definition) is 1. The van der Waals surface area contributed by atoms with Crippen molar-refractivity contribution in [3.05, 3.63) is 52.1 Å². The number of H-pyrrole nitrogens is 1. The fraction of sp³-hybridized carbons (Fsp3) is 0.400. The first kappa shape index (κ1) is 16.6. The zero-order valence-corrected chi connectivity index (χ0v) is 14.0. The second-order valence-electron chi connectivity index (χ2n) is 5.78. The van der Waals surface area contributed by atoms with Crippen LogP contribution in [0.1, 0.15) is 36.7 Å². The summed E-state index contributed by atoms with van der Waals surface area (Å²) in [5.74, 6) is 0.564. The van der Waals surface area contributed by atoms with E-state index in [1.807, 2.05) is 0 Å². The van der Waals surface area contributed by atoms with E-state index in [-0.39, 0.29) is 4.90 Å². The van der Waals surface area contributed by atoms with Crippen LogP contribution in [0.5, 0.6) is 0 Å². The van der Waals surface area contributed by atoms with Gasteiger partial charge in [0.15, 0.2) is 4.90 Å². The summed E-state index contributed by atoms with van der Waals surface area (Å²) in [6.45, 7) is 1.89. The van der Waals surface area contributed by atoms with Gasteiger partial charge >= 0.3 is 0 Å². The van der Waals surface area contributed by atoms with E-state index in [4.69, 9.17) is 0 Å². The first-order valence-corrected chi connectivity index (χ1v) is 9.12. The molecule has 9 heteroatoms. The van der Waals surface area contributed by atoms with Gasteiger partial charge in [-0.3, -0.25) is 10.1 Å². The highest BCUT2D eigenvalue weighted by molar-refractivity contribution is 7.89. The predicted octanol–water partition coefficient (Wildman–Crippen LogP) is 2.54. The zero-order valence-electron chi connectivity index (χ0n) is 13.2. The Morgan fingerprint density at radius 2 is 2.17 bits per heavy atom. The van der Waals surface area contributed by atoms with Crippen LogP contribution >= 0.6 is 0 Å². The SMILES string of the molecule is Cc1cccc([N+](=O)[O-])c1S(=O)(=O)N1CCCC[C@H]1c1ncc[nH]1. The Balaban J connectivity index is 2.12. The largest absolute Gasteiger partial charge is 0.347 e. The second kappa shape index (κ2) is 6.33. The fourth-order valence-corrected chi connectivity index (χ4v) is 5.19. The number of nitrogens with zero attached hydrogens (tertiary/aromatic N) is 3. The van der Waals surface area contributed by atoms with Crippen molar-refractivity contribution in [3.63, 3.8) is 0 Å². The molecule has 1 aromatic carbocycles. The third kappa shape index (κ3) is 2.80. The molecule has 8 nitrogen and oxygen atoms in total. The van der Waals surface area contributed by atoms with Crippen molar-refractivity contribution >= 4 is 15.7 Å². The van der Waals surface area contributed by atoms with E-state index in [2.05, 4.69) is 9.97 Å². The van der Waals surface area contributed by atoms with Crippen LogP contribution in [0.3, 0.4) is 0 Å². The number of imidazole rings is 1. The lowest BCUT2D eigenvalue weighted by atomic mass is 10.0. The molecule has 0 aliphatic carbocycles. The molecule has 128 valence electrons. The van der Waals surface area contributed by atoms with E-state index in [1.165, 1.54) is 16.4 Å². The van der Waals surface area contributed by atoms with Gasteiger partial charge in [-0.05, 0) is 25.3 Å². The third-order valence-electron chi connectivity index (χ3n) is 4.24. The number of aromatic amines is 1. The summed E-state index contributed by atoms with van der Waals surface area (Å²) in [5.41, 5.74) is -0.0215. The van der Waals surface area contributed by atoms with E-state index in [0.29, 0.717) is 24.4 Å². The summed E-state index contributed by atoms with van der Waals surface area (Å²) >= 11 is 0. The number of rotatable bonds is 4. The van der Waals surface area contributed by atoms with Crippen molar-refractivity contribution in [1.82, 2.24) is 14.3 Å². The summed E-state index contributed by atoms with van der Waals surface area (Å²) in [7, 11) is -4.01. The molecule has 1 aromatic heterocycles. The molecule has 2 heterocycles. The lowest BCUT2D eigenvalue weighted by Gasteiger charge is -2.33. The first-order valence-electron chi connectivity index (χ1n) is 7.68. The van der Waals surface area contributed by atoms with Crippen molar-refractivity contribution in [2.75, 3.05) is 6.54 Å². The Hall–Kier alpha value is -2.26. The summed E-state index contributed by atoms with van der Waals surface area (Å²) in [4.78, 5) is 17.6. The van der Waals surface area contributed by atoms with Gasteiger partial charge in [0.1, 0.15) is 5.82 Å². The Labute approximate surface area is 139 Å².